The van der Waals surface area contributed by atoms with E-state index in [1.165, 1.54) is 0 Å². The van der Waals surface area contributed by atoms with Crippen LogP contribution in [0.5, 0.6) is 0 Å². The maximum Gasteiger partial charge on any atom is 0.308 e. The van der Waals surface area contributed by atoms with Crippen molar-refractivity contribution in [2.24, 2.45) is 5.92 Å². The molecule has 0 bridgehead atoms. The number of carbonyl (C=O) groups excluding carboxylic acids is 1. The van der Waals surface area contributed by atoms with Crippen molar-refractivity contribution in [3.8, 4) is 0 Å². The molecule has 1 N–H and O–H groups in total. The largest absolute Gasteiger partial charge is 0.481 e. The van der Waals surface area contributed by atoms with Gasteiger partial charge in [0.15, 0.2) is 6.10 Å². The summed E-state index contributed by atoms with van der Waals surface area (Å²) in [6, 6.07) is 0. The lowest BCUT2D eigenvalue weighted by molar-refractivity contribution is -0.161. The van der Waals surface area contributed by atoms with Crippen LogP contribution in [0.1, 0.15) is 12.8 Å². The Bertz CT molecular complexity index is 300. The summed E-state index contributed by atoms with van der Waals surface area (Å²) in [6.07, 6.45) is 0.813. The lowest BCUT2D eigenvalue weighted by atomic mass is 9.98. The molecule has 0 aliphatic carbocycles. The molecule has 0 aromatic carbocycles. The normalized spacial score (nSPS) is 30.0. The number of amides is 1. The second kappa shape index (κ2) is 5.46. The first-order valence-corrected chi connectivity index (χ1v) is 5.89. The van der Waals surface area contributed by atoms with Crippen LogP contribution >= 0.6 is 0 Å². The summed E-state index contributed by atoms with van der Waals surface area (Å²) in [4.78, 5) is 24.5. The molecule has 0 aromatic rings. The Hall–Kier alpha value is -1.14. The van der Waals surface area contributed by atoms with Crippen molar-refractivity contribution < 1.29 is 24.2 Å². The van der Waals surface area contributed by atoms with Gasteiger partial charge in [0.25, 0.3) is 5.91 Å². The zero-order valence-corrected chi connectivity index (χ0v) is 9.63. The fourth-order valence-electron chi connectivity index (χ4n) is 2.21. The Labute approximate surface area is 99.5 Å². The van der Waals surface area contributed by atoms with Gasteiger partial charge in [-0.1, -0.05) is 0 Å². The molecule has 0 saturated carbocycles. The van der Waals surface area contributed by atoms with Gasteiger partial charge in [-0.05, 0) is 12.8 Å². The number of piperidine rings is 1. The molecule has 1 unspecified atom stereocenters. The zero-order chi connectivity index (χ0) is 12.3. The molecule has 6 nitrogen and oxygen atoms in total. The van der Waals surface area contributed by atoms with E-state index in [4.69, 9.17) is 14.6 Å². The van der Waals surface area contributed by atoms with E-state index < -0.39 is 18.0 Å². The molecule has 96 valence electrons. The van der Waals surface area contributed by atoms with Gasteiger partial charge < -0.3 is 19.5 Å². The van der Waals surface area contributed by atoms with Crippen LogP contribution in [-0.4, -0.2) is 60.9 Å². The number of hydrogen-bond donors (Lipinski definition) is 1. The molecule has 2 aliphatic rings. The Balaban J connectivity index is 1.91. The van der Waals surface area contributed by atoms with Gasteiger partial charge in [0, 0.05) is 13.1 Å². The molecule has 17 heavy (non-hydrogen) atoms. The van der Waals surface area contributed by atoms with Crippen molar-refractivity contribution in [2.75, 3.05) is 32.9 Å². The first-order chi connectivity index (χ1) is 8.18. The van der Waals surface area contributed by atoms with Gasteiger partial charge in [-0.25, -0.2) is 0 Å². The standard InChI is InChI=1S/C11H17NO5/c13-10(9-7-16-4-5-17-9)12-3-1-2-8(6-12)11(14)15/h8-9H,1-7H2,(H,14,15)/t8-,9?/m0/s1. The van der Waals surface area contributed by atoms with Gasteiger partial charge >= 0.3 is 5.97 Å². The minimum absolute atomic E-state index is 0.143. The summed E-state index contributed by atoms with van der Waals surface area (Å²) < 4.78 is 10.5. The second-order valence-corrected chi connectivity index (χ2v) is 4.40. The monoisotopic (exact) mass is 243 g/mol. The van der Waals surface area contributed by atoms with Crippen molar-refractivity contribution >= 4 is 11.9 Å². The molecular formula is C11H17NO5. The van der Waals surface area contributed by atoms with Crippen LogP contribution < -0.4 is 0 Å². The highest BCUT2D eigenvalue weighted by atomic mass is 16.6. The van der Waals surface area contributed by atoms with Crippen LogP contribution in [0, 0.1) is 5.92 Å². The molecule has 2 rings (SSSR count). The van der Waals surface area contributed by atoms with Crippen molar-refractivity contribution in [3.63, 3.8) is 0 Å². The van der Waals surface area contributed by atoms with Crippen molar-refractivity contribution in [2.45, 2.75) is 18.9 Å². The summed E-state index contributed by atoms with van der Waals surface area (Å²) in [6.45, 7) is 2.11. The predicted molar refractivity (Wildman–Crippen MR) is 57.5 cm³/mol. The Morgan fingerprint density at radius 3 is 2.76 bits per heavy atom. The number of aliphatic carboxylic acids is 1. The highest BCUT2D eigenvalue weighted by Crippen LogP contribution is 2.18. The summed E-state index contributed by atoms with van der Waals surface area (Å²) in [5.41, 5.74) is 0. The third kappa shape index (κ3) is 2.95. The van der Waals surface area contributed by atoms with E-state index in [0.717, 1.165) is 6.42 Å². The molecule has 1 amide bonds. The van der Waals surface area contributed by atoms with E-state index in [9.17, 15) is 9.59 Å². The highest BCUT2D eigenvalue weighted by molar-refractivity contribution is 5.82. The van der Waals surface area contributed by atoms with E-state index in [-0.39, 0.29) is 19.1 Å². The average Bonchev–Trinajstić information content (AvgIpc) is 2.39. The summed E-state index contributed by atoms with van der Waals surface area (Å²) in [5.74, 6) is -1.42. The smallest absolute Gasteiger partial charge is 0.308 e. The minimum Gasteiger partial charge on any atom is -0.481 e. The highest BCUT2D eigenvalue weighted by Gasteiger charge is 2.33. The molecule has 2 aliphatic heterocycles. The molecule has 2 saturated heterocycles. The number of hydrogen-bond acceptors (Lipinski definition) is 4. The fourth-order valence-corrected chi connectivity index (χ4v) is 2.21. The predicted octanol–water partition coefficient (Wildman–Crippen LogP) is -0.275. The van der Waals surface area contributed by atoms with Crippen molar-refractivity contribution in [1.82, 2.24) is 4.90 Å². The Morgan fingerprint density at radius 1 is 1.29 bits per heavy atom. The third-order valence-electron chi connectivity index (χ3n) is 3.17. The van der Waals surface area contributed by atoms with Crippen LogP contribution in [0.25, 0.3) is 0 Å². The number of likely N-dealkylation sites (tertiary alicyclic amines) is 1. The number of carboxylic acids is 1. The van der Waals surface area contributed by atoms with E-state index in [1.807, 2.05) is 0 Å². The van der Waals surface area contributed by atoms with Crippen LogP contribution in [0.4, 0.5) is 0 Å². The van der Waals surface area contributed by atoms with E-state index in [0.29, 0.717) is 26.2 Å². The Kier molecular flexibility index (Phi) is 3.96. The van der Waals surface area contributed by atoms with Gasteiger partial charge in [0.05, 0.1) is 25.7 Å². The van der Waals surface area contributed by atoms with Crippen LogP contribution in [0.15, 0.2) is 0 Å². The lowest BCUT2D eigenvalue weighted by Crippen LogP contribution is -2.49. The molecule has 0 radical (unpaired) electrons. The van der Waals surface area contributed by atoms with Crippen LogP contribution in [-0.2, 0) is 19.1 Å². The Morgan fingerprint density at radius 2 is 2.12 bits per heavy atom. The van der Waals surface area contributed by atoms with E-state index >= 15 is 0 Å². The van der Waals surface area contributed by atoms with Gasteiger partial charge in [-0.3, -0.25) is 9.59 Å². The zero-order valence-electron chi connectivity index (χ0n) is 9.63. The van der Waals surface area contributed by atoms with Crippen LogP contribution in [0.2, 0.25) is 0 Å². The van der Waals surface area contributed by atoms with Gasteiger partial charge in [0.1, 0.15) is 0 Å². The van der Waals surface area contributed by atoms with Gasteiger partial charge in [0.2, 0.25) is 0 Å². The number of carboxylic acid groups (broad SMARTS) is 1. The van der Waals surface area contributed by atoms with Crippen LogP contribution in [0.3, 0.4) is 0 Å². The van der Waals surface area contributed by atoms with Crippen molar-refractivity contribution in [1.29, 1.82) is 0 Å². The lowest BCUT2D eigenvalue weighted by Gasteiger charge is -2.34. The number of rotatable bonds is 2. The molecule has 6 heteroatoms. The quantitative estimate of drug-likeness (QED) is 0.722. The molecule has 2 atom stereocenters. The number of nitrogens with zero attached hydrogens (tertiary/aromatic N) is 1. The molecule has 0 spiro atoms. The summed E-state index contributed by atoms with van der Waals surface area (Å²) in [7, 11) is 0. The first kappa shape index (κ1) is 12.3. The molecule has 2 heterocycles. The number of carbonyl (C=O) groups is 2. The second-order valence-electron chi connectivity index (χ2n) is 4.40. The topological polar surface area (TPSA) is 76.1 Å². The fraction of sp³-hybridized carbons (Fsp3) is 0.818. The van der Waals surface area contributed by atoms with E-state index in [2.05, 4.69) is 0 Å². The minimum atomic E-state index is -0.830. The van der Waals surface area contributed by atoms with Crippen molar-refractivity contribution in [3.05, 3.63) is 0 Å². The maximum absolute atomic E-state index is 12.0. The van der Waals surface area contributed by atoms with Gasteiger partial charge in [-0.15, -0.1) is 0 Å². The first-order valence-electron chi connectivity index (χ1n) is 5.89. The summed E-state index contributed by atoms with van der Waals surface area (Å²) in [5, 5.41) is 8.95. The average molecular weight is 243 g/mol. The third-order valence-corrected chi connectivity index (χ3v) is 3.17. The van der Waals surface area contributed by atoms with Gasteiger partial charge in [-0.2, -0.15) is 0 Å². The SMILES string of the molecule is O=C(O)[C@H]1CCCN(C(=O)C2COCCO2)C1. The maximum atomic E-state index is 12.0. The molecule has 2 fully saturated rings. The number of ether oxygens (including phenoxy) is 2. The van der Waals surface area contributed by atoms with E-state index in [1.54, 1.807) is 4.90 Å². The summed E-state index contributed by atoms with van der Waals surface area (Å²) >= 11 is 0. The molecular weight excluding hydrogens is 226 g/mol. The molecule has 0 aromatic heterocycles.